The maximum Gasteiger partial charge on any atom is 0.411 e. The molecular weight excluding hydrogens is 408 g/mol. The predicted molar refractivity (Wildman–Crippen MR) is 117 cm³/mol. The van der Waals surface area contributed by atoms with E-state index in [-0.39, 0.29) is 24.5 Å². The van der Waals surface area contributed by atoms with Crippen LogP contribution in [-0.4, -0.2) is 60.1 Å². The molecule has 1 unspecified atom stereocenters. The Morgan fingerprint density at radius 1 is 1.13 bits per heavy atom. The van der Waals surface area contributed by atoms with E-state index in [2.05, 4.69) is 5.10 Å². The number of benzene rings is 1. The van der Waals surface area contributed by atoms with Crippen LogP contribution in [-0.2, 0) is 4.79 Å². The van der Waals surface area contributed by atoms with Crippen LogP contribution >= 0.6 is 10.6 Å². The third-order valence-electron chi connectivity index (χ3n) is 5.85. The first-order chi connectivity index (χ1) is 14.2. The van der Waals surface area contributed by atoms with Gasteiger partial charge in [-0.15, -0.1) is 0 Å². The van der Waals surface area contributed by atoms with Crippen LogP contribution in [0.3, 0.4) is 0 Å². The summed E-state index contributed by atoms with van der Waals surface area (Å²) in [6.07, 6.45) is 3.90. The largest absolute Gasteiger partial charge is 0.465 e. The zero-order valence-corrected chi connectivity index (χ0v) is 17.7. The number of amides is 2. The second-order valence-electron chi connectivity index (χ2n) is 7.99. The molecule has 1 fully saturated rings. The van der Waals surface area contributed by atoms with E-state index >= 15 is 0 Å². The SMILES string of the molecule is CC(=O)N1c2ccc(-c3cnn(C4CCS(O)(O)CC4)c3)cc2N(C(=O)O)CC1C. The number of hydrogen-bond donors (Lipinski definition) is 3. The molecule has 0 radical (unpaired) electrons. The Hall–Kier alpha value is -2.56. The molecule has 1 atom stereocenters. The van der Waals surface area contributed by atoms with Gasteiger partial charge in [-0.05, 0) is 37.5 Å². The third kappa shape index (κ3) is 3.78. The van der Waals surface area contributed by atoms with Gasteiger partial charge in [-0.1, -0.05) is 6.07 Å². The van der Waals surface area contributed by atoms with E-state index < -0.39 is 16.7 Å². The van der Waals surface area contributed by atoms with Crippen molar-refractivity contribution in [2.45, 2.75) is 38.8 Å². The van der Waals surface area contributed by atoms with Crippen LogP contribution in [0.4, 0.5) is 16.2 Å². The number of carbonyl (C=O) groups excluding carboxylic acids is 1. The number of carboxylic acid groups (broad SMARTS) is 1. The van der Waals surface area contributed by atoms with Crippen molar-refractivity contribution < 1.29 is 23.8 Å². The van der Waals surface area contributed by atoms with Crippen molar-refractivity contribution in [3.8, 4) is 11.1 Å². The molecule has 3 N–H and O–H groups in total. The van der Waals surface area contributed by atoms with Gasteiger partial charge in [0.25, 0.3) is 0 Å². The minimum atomic E-state index is -2.44. The van der Waals surface area contributed by atoms with E-state index in [4.69, 9.17) is 0 Å². The summed E-state index contributed by atoms with van der Waals surface area (Å²) >= 11 is 0. The lowest BCUT2D eigenvalue weighted by Gasteiger charge is -2.39. The lowest BCUT2D eigenvalue weighted by molar-refractivity contribution is -0.117. The van der Waals surface area contributed by atoms with E-state index in [1.165, 1.54) is 11.8 Å². The fourth-order valence-corrected chi connectivity index (χ4v) is 5.82. The molecule has 0 aliphatic carbocycles. The van der Waals surface area contributed by atoms with Gasteiger partial charge in [-0.3, -0.25) is 23.5 Å². The number of fused-ring (bicyclic) bond motifs is 1. The summed E-state index contributed by atoms with van der Waals surface area (Å²) in [5, 5.41) is 14.1. The fraction of sp³-hybridized carbons (Fsp3) is 0.450. The third-order valence-corrected chi connectivity index (χ3v) is 7.63. The molecule has 2 aliphatic heterocycles. The summed E-state index contributed by atoms with van der Waals surface area (Å²) in [6, 6.07) is 5.29. The summed E-state index contributed by atoms with van der Waals surface area (Å²) in [5.41, 5.74) is 2.71. The van der Waals surface area contributed by atoms with Gasteiger partial charge < -0.3 is 10.0 Å². The molecule has 1 aromatic heterocycles. The number of hydrogen-bond acceptors (Lipinski definition) is 5. The van der Waals surface area contributed by atoms with Crippen molar-refractivity contribution in [3.05, 3.63) is 30.6 Å². The van der Waals surface area contributed by atoms with Crippen molar-refractivity contribution in [1.82, 2.24) is 9.78 Å². The summed E-state index contributed by atoms with van der Waals surface area (Å²) in [5.74, 6) is 0.647. The van der Waals surface area contributed by atoms with Gasteiger partial charge >= 0.3 is 6.09 Å². The molecule has 3 heterocycles. The quantitative estimate of drug-likeness (QED) is 0.660. The number of carbonyl (C=O) groups is 2. The Morgan fingerprint density at radius 2 is 1.83 bits per heavy atom. The maximum atomic E-state index is 12.1. The lowest BCUT2D eigenvalue weighted by Crippen LogP contribution is -2.51. The van der Waals surface area contributed by atoms with Crippen LogP contribution in [0.1, 0.15) is 32.7 Å². The first-order valence-electron chi connectivity index (χ1n) is 9.89. The minimum Gasteiger partial charge on any atom is -0.465 e. The Morgan fingerprint density at radius 3 is 2.47 bits per heavy atom. The van der Waals surface area contributed by atoms with Gasteiger partial charge in [0.2, 0.25) is 5.91 Å². The van der Waals surface area contributed by atoms with Gasteiger partial charge in [-0.25, -0.2) is 4.79 Å². The molecule has 30 heavy (non-hydrogen) atoms. The van der Waals surface area contributed by atoms with Crippen LogP contribution < -0.4 is 9.80 Å². The van der Waals surface area contributed by atoms with Crippen LogP contribution in [0.5, 0.6) is 0 Å². The van der Waals surface area contributed by atoms with E-state index in [0.717, 1.165) is 11.1 Å². The molecule has 2 amide bonds. The summed E-state index contributed by atoms with van der Waals surface area (Å²) in [7, 11) is -2.44. The van der Waals surface area contributed by atoms with Crippen LogP contribution in [0.15, 0.2) is 30.6 Å². The van der Waals surface area contributed by atoms with Crippen LogP contribution in [0, 0.1) is 0 Å². The highest BCUT2D eigenvalue weighted by molar-refractivity contribution is 8.24. The molecular formula is C20H26N4O5S. The average Bonchev–Trinajstić information content (AvgIpc) is 3.16. The molecule has 1 saturated heterocycles. The lowest BCUT2D eigenvalue weighted by atomic mass is 10.0. The molecule has 2 aromatic rings. The van der Waals surface area contributed by atoms with Gasteiger partial charge in [0.15, 0.2) is 0 Å². The first-order valence-corrected chi connectivity index (χ1v) is 11.8. The molecule has 0 saturated carbocycles. The maximum absolute atomic E-state index is 12.1. The Balaban J connectivity index is 1.66. The monoisotopic (exact) mass is 434 g/mol. The molecule has 4 rings (SSSR count). The average molecular weight is 435 g/mol. The number of nitrogens with zero attached hydrogens (tertiary/aromatic N) is 4. The number of aromatic nitrogens is 2. The highest BCUT2D eigenvalue weighted by Gasteiger charge is 2.34. The summed E-state index contributed by atoms with van der Waals surface area (Å²) in [6.45, 7) is 3.52. The predicted octanol–water partition coefficient (Wildman–Crippen LogP) is 3.88. The Kier molecular flexibility index (Phi) is 5.25. The topological polar surface area (TPSA) is 119 Å². The molecule has 0 bridgehead atoms. The molecule has 1 aromatic carbocycles. The fourth-order valence-electron chi connectivity index (χ4n) is 4.31. The van der Waals surface area contributed by atoms with E-state index in [1.54, 1.807) is 23.2 Å². The minimum absolute atomic E-state index is 0.112. The Labute approximate surface area is 176 Å². The van der Waals surface area contributed by atoms with Gasteiger partial charge in [0.1, 0.15) is 0 Å². The van der Waals surface area contributed by atoms with Crippen LogP contribution in [0.25, 0.3) is 11.1 Å². The van der Waals surface area contributed by atoms with Crippen molar-refractivity contribution >= 4 is 34.0 Å². The zero-order valence-electron chi connectivity index (χ0n) is 16.9. The van der Waals surface area contributed by atoms with E-state index in [9.17, 15) is 23.8 Å². The van der Waals surface area contributed by atoms with Crippen LogP contribution in [0.2, 0.25) is 0 Å². The van der Waals surface area contributed by atoms with Crippen molar-refractivity contribution in [1.29, 1.82) is 0 Å². The molecule has 10 heteroatoms. The smallest absolute Gasteiger partial charge is 0.411 e. The van der Waals surface area contributed by atoms with Gasteiger partial charge in [-0.2, -0.15) is 15.7 Å². The summed E-state index contributed by atoms with van der Waals surface area (Å²) in [4.78, 5) is 26.9. The van der Waals surface area contributed by atoms with Crippen molar-refractivity contribution in [2.75, 3.05) is 27.9 Å². The number of anilines is 2. The molecule has 9 nitrogen and oxygen atoms in total. The second-order valence-corrected chi connectivity index (χ2v) is 10.4. The zero-order chi connectivity index (χ0) is 21.6. The van der Waals surface area contributed by atoms with Gasteiger partial charge in [0.05, 0.1) is 29.7 Å². The number of rotatable bonds is 2. The first kappa shape index (κ1) is 20.7. The molecule has 162 valence electrons. The van der Waals surface area contributed by atoms with E-state index in [1.807, 2.05) is 23.9 Å². The highest BCUT2D eigenvalue weighted by atomic mass is 32.3. The van der Waals surface area contributed by atoms with Crippen molar-refractivity contribution in [2.24, 2.45) is 0 Å². The second kappa shape index (κ2) is 7.60. The standard InChI is InChI=1S/C20H26N4O5S/c1-13-11-22(20(26)27)19-9-15(3-4-18(19)24(13)14(2)25)16-10-21-23(12-16)17-5-7-30(28,29)8-6-17/h3-4,9-10,12-13,17,28-29H,5-8,11H2,1-2H3,(H,26,27). The molecule has 2 aliphatic rings. The normalized spacial score (nSPS) is 22.5. The van der Waals surface area contributed by atoms with Gasteiger partial charge in [0, 0.05) is 36.7 Å². The summed E-state index contributed by atoms with van der Waals surface area (Å²) < 4.78 is 21.5. The molecule has 0 spiro atoms. The van der Waals surface area contributed by atoms with Crippen molar-refractivity contribution in [3.63, 3.8) is 0 Å². The Bertz CT molecular complexity index is 981. The van der Waals surface area contributed by atoms with E-state index in [0.29, 0.717) is 35.7 Å². The highest BCUT2D eigenvalue weighted by Crippen LogP contribution is 2.47.